The molecular weight excluding hydrogens is 381 g/mol. The average Bonchev–Trinajstić information content (AvgIpc) is 2.80. The number of ether oxygens (including phenoxy) is 2. The van der Waals surface area contributed by atoms with Crippen LogP contribution in [0, 0.1) is 5.82 Å². The summed E-state index contributed by atoms with van der Waals surface area (Å²) in [5.74, 6) is 1.34. The third kappa shape index (κ3) is 4.71. The summed E-state index contributed by atoms with van der Waals surface area (Å²) in [6.45, 7) is 7.10. The van der Waals surface area contributed by atoms with Gasteiger partial charge in [-0.25, -0.2) is 4.39 Å². The molecule has 0 saturated carbocycles. The minimum Gasteiger partial charge on any atom is -0.496 e. The second-order valence-electron chi connectivity index (χ2n) is 8.18. The van der Waals surface area contributed by atoms with Crippen molar-refractivity contribution in [2.45, 2.75) is 25.4 Å². The predicted octanol–water partition coefficient (Wildman–Crippen LogP) is 3.63. The van der Waals surface area contributed by atoms with E-state index in [0.29, 0.717) is 11.8 Å². The van der Waals surface area contributed by atoms with Gasteiger partial charge in [0, 0.05) is 56.9 Å². The molecule has 0 N–H and O–H groups in total. The van der Waals surface area contributed by atoms with E-state index in [9.17, 15) is 4.39 Å². The van der Waals surface area contributed by atoms with Gasteiger partial charge in [0.05, 0.1) is 19.9 Å². The van der Waals surface area contributed by atoms with Crippen LogP contribution in [0.3, 0.4) is 0 Å². The number of benzene rings is 2. The second-order valence-corrected chi connectivity index (χ2v) is 8.18. The van der Waals surface area contributed by atoms with E-state index < -0.39 is 0 Å². The highest BCUT2D eigenvalue weighted by Gasteiger charge is 2.29. The first-order valence-corrected chi connectivity index (χ1v) is 10.8. The van der Waals surface area contributed by atoms with Crippen molar-refractivity contribution in [1.82, 2.24) is 9.80 Å². The van der Waals surface area contributed by atoms with Crippen LogP contribution in [0.4, 0.5) is 10.1 Å². The summed E-state index contributed by atoms with van der Waals surface area (Å²) in [5, 5.41) is 0. The summed E-state index contributed by atoms with van der Waals surface area (Å²) in [7, 11) is 3.35. The quantitative estimate of drug-likeness (QED) is 0.721. The molecular formula is C24H32FN3O2. The maximum atomic E-state index is 13.5. The van der Waals surface area contributed by atoms with Gasteiger partial charge < -0.3 is 14.4 Å². The molecule has 0 unspecified atom stereocenters. The lowest BCUT2D eigenvalue weighted by Crippen LogP contribution is -2.55. The Kier molecular flexibility index (Phi) is 6.75. The zero-order valence-corrected chi connectivity index (χ0v) is 18.0. The van der Waals surface area contributed by atoms with E-state index in [1.54, 1.807) is 14.2 Å². The van der Waals surface area contributed by atoms with E-state index in [1.807, 2.05) is 18.2 Å². The van der Waals surface area contributed by atoms with Crippen molar-refractivity contribution in [3.8, 4) is 11.5 Å². The Bertz CT molecular complexity index is 839. The first kappa shape index (κ1) is 20.9. The Hall–Kier alpha value is -2.31. The molecule has 0 aromatic heterocycles. The fraction of sp³-hybridized carbons (Fsp3) is 0.500. The van der Waals surface area contributed by atoms with Crippen molar-refractivity contribution in [2.24, 2.45) is 0 Å². The molecule has 5 nitrogen and oxygen atoms in total. The van der Waals surface area contributed by atoms with Crippen molar-refractivity contribution in [3.05, 3.63) is 53.8 Å². The summed E-state index contributed by atoms with van der Waals surface area (Å²) >= 11 is 0. The van der Waals surface area contributed by atoms with Gasteiger partial charge >= 0.3 is 0 Å². The number of hydrogen-bond donors (Lipinski definition) is 0. The molecule has 2 aromatic carbocycles. The van der Waals surface area contributed by atoms with Crippen LogP contribution in [0.1, 0.15) is 18.4 Å². The minimum absolute atomic E-state index is 0.250. The molecule has 2 aliphatic heterocycles. The number of piperazine rings is 1. The highest BCUT2D eigenvalue weighted by molar-refractivity contribution is 5.58. The standard InChI is InChI=1S/C24H32FN3O2/c1-29-23-8-4-3-7-22(23)28-14-12-27(13-15-28)21-6-5-11-26(18-21)17-19-9-10-20(25)16-24(19)30-2/h3-4,7-10,16,21H,5-6,11-15,17-18H2,1-2H3/t21-/m0/s1. The van der Waals surface area contributed by atoms with Crippen molar-refractivity contribution >= 4 is 5.69 Å². The Morgan fingerprint density at radius 1 is 0.933 bits per heavy atom. The van der Waals surface area contributed by atoms with Gasteiger partial charge in [0.15, 0.2) is 0 Å². The number of halogens is 1. The Morgan fingerprint density at radius 3 is 2.47 bits per heavy atom. The Labute approximate surface area is 179 Å². The van der Waals surface area contributed by atoms with E-state index in [-0.39, 0.29) is 5.82 Å². The largest absolute Gasteiger partial charge is 0.496 e. The van der Waals surface area contributed by atoms with Crippen molar-refractivity contribution in [3.63, 3.8) is 0 Å². The molecule has 4 rings (SSSR count). The molecule has 162 valence electrons. The maximum absolute atomic E-state index is 13.5. The highest BCUT2D eigenvalue weighted by Crippen LogP contribution is 2.29. The normalized spacial score (nSPS) is 20.9. The minimum atomic E-state index is -0.250. The van der Waals surface area contributed by atoms with Gasteiger partial charge in [-0.15, -0.1) is 0 Å². The van der Waals surface area contributed by atoms with E-state index in [1.165, 1.54) is 30.7 Å². The number of para-hydroxylation sites is 2. The summed E-state index contributed by atoms with van der Waals surface area (Å²) in [6.07, 6.45) is 2.44. The summed E-state index contributed by atoms with van der Waals surface area (Å²) in [5.41, 5.74) is 2.24. The van der Waals surface area contributed by atoms with E-state index in [4.69, 9.17) is 9.47 Å². The van der Waals surface area contributed by atoms with Crippen LogP contribution in [0.25, 0.3) is 0 Å². The van der Waals surface area contributed by atoms with Crippen molar-refractivity contribution in [2.75, 3.05) is 58.4 Å². The first-order chi connectivity index (χ1) is 14.7. The number of nitrogens with zero attached hydrogens (tertiary/aromatic N) is 3. The lowest BCUT2D eigenvalue weighted by atomic mass is 10.0. The van der Waals surface area contributed by atoms with Crippen LogP contribution < -0.4 is 14.4 Å². The molecule has 0 radical (unpaired) electrons. The highest BCUT2D eigenvalue weighted by atomic mass is 19.1. The van der Waals surface area contributed by atoms with Gasteiger partial charge in [-0.3, -0.25) is 9.80 Å². The topological polar surface area (TPSA) is 28.2 Å². The maximum Gasteiger partial charge on any atom is 0.142 e. The van der Waals surface area contributed by atoms with Gasteiger partial charge in [0.1, 0.15) is 17.3 Å². The zero-order chi connectivity index (χ0) is 20.9. The van der Waals surface area contributed by atoms with Crippen LogP contribution in [0.5, 0.6) is 11.5 Å². The summed E-state index contributed by atoms with van der Waals surface area (Å²) in [6, 6.07) is 13.7. The molecule has 30 heavy (non-hydrogen) atoms. The molecule has 0 amide bonds. The van der Waals surface area contributed by atoms with Crippen LogP contribution in [0.2, 0.25) is 0 Å². The van der Waals surface area contributed by atoms with E-state index in [2.05, 4.69) is 26.8 Å². The molecule has 0 bridgehead atoms. The van der Waals surface area contributed by atoms with Gasteiger partial charge in [0.2, 0.25) is 0 Å². The van der Waals surface area contributed by atoms with Crippen LogP contribution in [-0.2, 0) is 6.54 Å². The zero-order valence-electron chi connectivity index (χ0n) is 18.0. The third-order valence-corrected chi connectivity index (χ3v) is 6.38. The number of hydrogen-bond acceptors (Lipinski definition) is 5. The summed E-state index contributed by atoms with van der Waals surface area (Å²) < 4.78 is 24.4. The fourth-order valence-corrected chi connectivity index (χ4v) is 4.78. The average molecular weight is 414 g/mol. The number of anilines is 1. The molecule has 1 atom stereocenters. The van der Waals surface area contributed by atoms with Gasteiger partial charge in [-0.1, -0.05) is 18.2 Å². The summed E-state index contributed by atoms with van der Waals surface area (Å²) in [4.78, 5) is 7.55. The molecule has 2 heterocycles. The Morgan fingerprint density at radius 2 is 1.70 bits per heavy atom. The lowest BCUT2D eigenvalue weighted by molar-refractivity contribution is 0.0882. The smallest absolute Gasteiger partial charge is 0.142 e. The number of piperidine rings is 1. The van der Waals surface area contributed by atoms with Crippen molar-refractivity contribution < 1.29 is 13.9 Å². The van der Waals surface area contributed by atoms with Crippen molar-refractivity contribution in [1.29, 1.82) is 0 Å². The van der Waals surface area contributed by atoms with E-state index >= 15 is 0 Å². The second kappa shape index (κ2) is 9.67. The predicted molar refractivity (Wildman–Crippen MR) is 118 cm³/mol. The monoisotopic (exact) mass is 413 g/mol. The van der Waals surface area contributed by atoms with Gasteiger partial charge in [-0.05, 0) is 37.6 Å². The molecule has 2 fully saturated rings. The molecule has 6 heteroatoms. The lowest BCUT2D eigenvalue weighted by Gasteiger charge is -2.44. The molecule has 0 aliphatic carbocycles. The molecule has 2 aromatic rings. The number of likely N-dealkylation sites (tertiary alicyclic amines) is 1. The number of rotatable bonds is 6. The van der Waals surface area contributed by atoms with E-state index in [0.717, 1.165) is 57.1 Å². The molecule has 2 saturated heterocycles. The van der Waals surface area contributed by atoms with Gasteiger partial charge in [-0.2, -0.15) is 0 Å². The first-order valence-electron chi connectivity index (χ1n) is 10.8. The van der Waals surface area contributed by atoms with Crippen LogP contribution in [-0.4, -0.2) is 69.3 Å². The van der Waals surface area contributed by atoms with Crippen LogP contribution >= 0.6 is 0 Å². The van der Waals surface area contributed by atoms with Gasteiger partial charge in [0.25, 0.3) is 0 Å². The molecule has 0 spiro atoms. The fourth-order valence-electron chi connectivity index (χ4n) is 4.78. The third-order valence-electron chi connectivity index (χ3n) is 6.38. The van der Waals surface area contributed by atoms with Crippen LogP contribution in [0.15, 0.2) is 42.5 Å². The Balaban J connectivity index is 1.34. The number of methoxy groups -OCH3 is 2. The SMILES string of the molecule is COc1cc(F)ccc1CN1CCC[C@H](N2CCN(c3ccccc3OC)CC2)C1. The molecule has 2 aliphatic rings.